The number of carbonyl (C=O) groups excluding carboxylic acids is 1. The van der Waals surface area contributed by atoms with Crippen LogP contribution in [-0.2, 0) is 4.79 Å². The van der Waals surface area contributed by atoms with Crippen LogP contribution in [0.4, 0.5) is 5.69 Å². The van der Waals surface area contributed by atoms with E-state index >= 15 is 0 Å². The van der Waals surface area contributed by atoms with Crippen LogP contribution in [0.3, 0.4) is 0 Å². The number of rotatable bonds is 7. The SMILES string of the molecule is COc1cncc(-c2c[nH]c(=O)c(N(C)C3CN(C(=O)/C=C/CN(C)C)C3)c2)n1. The molecule has 29 heavy (non-hydrogen) atoms. The number of nitrogens with one attached hydrogen (secondary N) is 1. The van der Waals surface area contributed by atoms with Crippen molar-refractivity contribution in [2.24, 2.45) is 0 Å². The fraction of sp³-hybridized carbons (Fsp3) is 0.400. The lowest BCUT2D eigenvalue weighted by atomic mass is 10.1. The predicted molar refractivity (Wildman–Crippen MR) is 111 cm³/mol. The molecule has 3 heterocycles. The summed E-state index contributed by atoms with van der Waals surface area (Å²) in [5.41, 5.74) is 1.67. The number of carbonyl (C=O) groups is 1. The molecular weight excluding hydrogens is 372 g/mol. The summed E-state index contributed by atoms with van der Waals surface area (Å²) in [5, 5.41) is 0. The number of H-pyrrole nitrogens is 1. The van der Waals surface area contributed by atoms with E-state index in [4.69, 9.17) is 4.74 Å². The zero-order valence-corrected chi connectivity index (χ0v) is 17.1. The molecule has 1 N–H and O–H groups in total. The van der Waals surface area contributed by atoms with Gasteiger partial charge in [-0.05, 0) is 20.2 Å². The molecule has 1 aliphatic heterocycles. The number of anilines is 1. The number of nitrogens with zero attached hydrogens (tertiary/aromatic N) is 5. The van der Waals surface area contributed by atoms with Crippen molar-refractivity contribution < 1.29 is 9.53 Å². The molecule has 1 fully saturated rings. The lowest BCUT2D eigenvalue weighted by Gasteiger charge is -2.44. The number of hydrogen-bond acceptors (Lipinski definition) is 7. The first-order valence-corrected chi connectivity index (χ1v) is 9.31. The van der Waals surface area contributed by atoms with Crippen LogP contribution in [0.5, 0.6) is 5.88 Å². The molecule has 9 heteroatoms. The summed E-state index contributed by atoms with van der Waals surface area (Å²) in [7, 11) is 7.29. The average Bonchev–Trinajstić information content (AvgIpc) is 2.66. The Kier molecular flexibility index (Phi) is 6.28. The van der Waals surface area contributed by atoms with Gasteiger partial charge in [-0.25, -0.2) is 4.98 Å². The van der Waals surface area contributed by atoms with Crippen LogP contribution in [0.2, 0.25) is 0 Å². The zero-order chi connectivity index (χ0) is 21.0. The summed E-state index contributed by atoms with van der Waals surface area (Å²) in [6, 6.07) is 1.86. The summed E-state index contributed by atoms with van der Waals surface area (Å²) in [6.07, 6.45) is 8.20. The summed E-state index contributed by atoms with van der Waals surface area (Å²) in [4.78, 5) is 41.4. The molecule has 0 aliphatic carbocycles. The minimum atomic E-state index is -0.192. The summed E-state index contributed by atoms with van der Waals surface area (Å²) in [5.74, 6) is 0.393. The highest BCUT2D eigenvalue weighted by Crippen LogP contribution is 2.23. The Hall–Kier alpha value is -3.20. The number of ether oxygens (including phenoxy) is 1. The lowest BCUT2D eigenvalue weighted by Crippen LogP contribution is -2.60. The molecule has 0 spiro atoms. The Balaban J connectivity index is 1.69. The van der Waals surface area contributed by atoms with Crippen molar-refractivity contribution in [2.45, 2.75) is 6.04 Å². The number of aromatic amines is 1. The highest BCUT2D eigenvalue weighted by molar-refractivity contribution is 5.88. The maximum Gasteiger partial charge on any atom is 0.271 e. The molecule has 0 bridgehead atoms. The van der Waals surface area contributed by atoms with Crippen LogP contribution in [0.15, 0.2) is 41.6 Å². The van der Waals surface area contributed by atoms with Gasteiger partial charge in [0.1, 0.15) is 5.69 Å². The first-order chi connectivity index (χ1) is 13.9. The van der Waals surface area contributed by atoms with Crippen molar-refractivity contribution in [1.82, 2.24) is 24.8 Å². The van der Waals surface area contributed by atoms with Gasteiger partial charge in [0.15, 0.2) is 0 Å². The van der Waals surface area contributed by atoms with Gasteiger partial charge in [0.25, 0.3) is 5.56 Å². The number of pyridine rings is 1. The van der Waals surface area contributed by atoms with Crippen LogP contribution in [-0.4, -0.2) is 84.6 Å². The third-order valence-electron chi connectivity index (χ3n) is 4.83. The van der Waals surface area contributed by atoms with E-state index in [0.29, 0.717) is 30.4 Å². The summed E-state index contributed by atoms with van der Waals surface area (Å²) < 4.78 is 5.12. The molecule has 0 unspecified atom stereocenters. The Morgan fingerprint density at radius 3 is 2.79 bits per heavy atom. The van der Waals surface area contributed by atoms with E-state index in [1.165, 1.54) is 13.3 Å². The van der Waals surface area contributed by atoms with E-state index in [-0.39, 0.29) is 17.5 Å². The van der Waals surface area contributed by atoms with E-state index in [1.54, 1.807) is 29.4 Å². The third-order valence-corrected chi connectivity index (χ3v) is 4.83. The Labute approximate surface area is 169 Å². The van der Waals surface area contributed by atoms with Crippen molar-refractivity contribution >= 4 is 11.6 Å². The highest BCUT2D eigenvalue weighted by atomic mass is 16.5. The van der Waals surface area contributed by atoms with Gasteiger partial charge in [-0.15, -0.1) is 0 Å². The molecule has 2 aromatic rings. The second kappa shape index (κ2) is 8.87. The minimum absolute atomic E-state index is 0.00850. The molecule has 0 radical (unpaired) electrons. The smallest absolute Gasteiger partial charge is 0.271 e. The molecule has 3 rings (SSSR count). The van der Waals surface area contributed by atoms with Gasteiger partial charge in [0.2, 0.25) is 11.8 Å². The fourth-order valence-electron chi connectivity index (χ4n) is 3.01. The second-order valence-electron chi connectivity index (χ2n) is 7.22. The number of aromatic nitrogens is 3. The van der Waals surface area contributed by atoms with Gasteiger partial charge in [0.05, 0.1) is 31.2 Å². The van der Waals surface area contributed by atoms with E-state index < -0.39 is 0 Å². The third kappa shape index (κ3) is 4.80. The number of hydrogen-bond donors (Lipinski definition) is 1. The van der Waals surface area contributed by atoms with Crippen LogP contribution in [0, 0.1) is 0 Å². The van der Waals surface area contributed by atoms with Crippen LogP contribution >= 0.6 is 0 Å². The van der Waals surface area contributed by atoms with Crippen LogP contribution in [0.1, 0.15) is 0 Å². The van der Waals surface area contributed by atoms with Gasteiger partial charge in [-0.1, -0.05) is 6.08 Å². The summed E-state index contributed by atoms with van der Waals surface area (Å²) >= 11 is 0. The quantitative estimate of drug-likeness (QED) is 0.683. The first kappa shape index (κ1) is 20.5. The maximum atomic E-state index is 12.4. The Morgan fingerprint density at radius 1 is 1.34 bits per heavy atom. The van der Waals surface area contributed by atoms with Gasteiger partial charge in [0, 0.05) is 44.5 Å². The Bertz CT molecular complexity index is 949. The molecule has 0 atom stereocenters. The monoisotopic (exact) mass is 398 g/mol. The summed E-state index contributed by atoms with van der Waals surface area (Å²) in [6.45, 7) is 1.87. The van der Waals surface area contributed by atoms with Crippen LogP contribution < -0.4 is 15.2 Å². The molecule has 9 nitrogen and oxygen atoms in total. The van der Waals surface area contributed by atoms with Crippen LogP contribution in [0.25, 0.3) is 11.3 Å². The normalized spacial score (nSPS) is 14.3. The molecule has 154 valence electrons. The van der Waals surface area contributed by atoms with Crippen molar-refractivity contribution in [3.8, 4) is 17.1 Å². The van der Waals surface area contributed by atoms with Gasteiger partial charge >= 0.3 is 0 Å². The topological polar surface area (TPSA) is 94.7 Å². The number of methoxy groups -OCH3 is 1. The van der Waals surface area contributed by atoms with Crippen molar-refractivity contribution in [3.05, 3.63) is 47.2 Å². The standard InChI is InChI=1S/C20H26N6O3/c1-24(2)7-5-6-19(27)26-12-15(13-26)25(3)17-8-14(9-22-20(17)28)16-10-21-11-18(23-16)29-4/h5-6,8-11,15H,7,12-13H2,1-4H3,(H,22,28)/b6-5+. The molecule has 0 saturated carbocycles. The average molecular weight is 398 g/mol. The largest absolute Gasteiger partial charge is 0.480 e. The fourth-order valence-corrected chi connectivity index (χ4v) is 3.01. The number of amides is 1. The van der Waals surface area contributed by atoms with E-state index in [9.17, 15) is 9.59 Å². The predicted octanol–water partition coefficient (Wildman–Crippen LogP) is 0.605. The maximum absolute atomic E-state index is 12.4. The van der Waals surface area contributed by atoms with E-state index in [1.807, 2.05) is 37.0 Å². The molecule has 0 aromatic carbocycles. The lowest BCUT2D eigenvalue weighted by molar-refractivity contribution is -0.130. The molecule has 1 saturated heterocycles. The van der Waals surface area contributed by atoms with Gasteiger partial charge in [-0.2, -0.15) is 0 Å². The zero-order valence-electron chi connectivity index (χ0n) is 17.1. The van der Waals surface area contributed by atoms with Crippen molar-refractivity contribution in [2.75, 3.05) is 52.8 Å². The number of likely N-dealkylation sites (N-methyl/N-ethyl adjacent to an activating group) is 2. The van der Waals surface area contributed by atoms with Gasteiger partial charge in [-0.3, -0.25) is 14.6 Å². The van der Waals surface area contributed by atoms with E-state index in [2.05, 4.69) is 15.0 Å². The molecule has 2 aromatic heterocycles. The number of likely N-dealkylation sites (tertiary alicyclic amines) is 1. The highest BCUT2D eigenvalue weighted by Gasteiger charge is 2.33. The molecular formula is C20H26N6O3. The molecule has 1 amide bonds. The van der Waals surface area contributed by atoms with Gasteiger partial charge < -0.3 is 24.4 Å². The second-order valence-corrected chi connectivity index (χ2v) is 7.22. The molecule has 1 aliphatic rings. The first-order valence-electron chi connectivity index (χ1n) is 9.31. The Morgan fingerprint density at radius 2 is 2.10 bits per heavy atom. The van der Waals surface area contributed by atoms with Crippen molar-refractivity contribution in [1.29, 1.82) is 0 Å². The minimum Gasteiger partial charge on any atom is -0.480 e. The van der Waals surface area contributed by atoms with Crippen molar-refractivity contribution in [3.63, 3.8) is 0 Å². The van der Waals surface area contributed by atoms with E-state index in [0.717, 1.165) is 12.1 Å².